The first-order valence-corrected chi connectivity index (χ1v) is 17.4. The van der Waals surface area contributed by atoms with Crippen LogP contribution in [-0.4, -0.2) is 89.4 Å². The Hall–Kier alpha value is -5.66. The molecular formula is C40H46FN5O7. The van der Waals surface area contributed by atoms with Crippen molar-refractivity contribution in [2.45, 2.75) is 62.7 Å². The van der Waals surface area contributed by atoms with Crippen molar-refractivity contribution in [2.75, 3.05) is 20.2 Å². The van der Waals surface area contributed by atoms with Gasteiger partial charge in [-0.3, -0.25) is 19.2 Å². The van der Waals surface area contributed by atoms with Crippen molar-refractivity contribution >= 4 is 40.7 Å². The molecule has 0 unspecified atom stereocenters. The number of fused-ring (bicyclic) bond motifs is 1. The predicted octanol–water partition coefficient (Wildman–Crippen LogP) is 2.31. The third-order valence-electron chi connectivity index (χ3n) is 9.02. The molecule has 12 nitrogen and oxygen atoms in total. The predicted molar refractivity (Wildman–Crippen MR) is 198 cm³/mol. The number of phenols is 1. The number of carbonyl (C=O) groups excluding carboxylic acids is 5. The van der Waals surface area contributed by atoms with Crippen LogP contribution < -0.4 is 21.7 Å². The quantitative estimate of drug-likeness (QED) is 0.0627. The summed E-state index contributed by atoms with van der Waals surface area (Å²) >= 11 is 0. The van der Waals surface area contributed by atoms with Crippen molar-refractivity contribution in [3.8, 4) is 5.75 Å². The van der Waals surface area contributed by atoms with Crippen LogP contribution >= 0.6 is 0 Å². The van der Waals surface area contributed by atoms with Gasteiger partial charge in [0.1, 0.15) is 29.9 Å². The van der Waals surface area contributed by atoms with Crippen LogP contribution in [0.3, 0.4) is 0 Å². The molecule has 0 heterocycles. The second kappa shape index (κ2) is 19.8. The smallest absolute Gasteiger partial charge is 0.244 e. The number of rotatable bonds is 19. The molecule has 4 aromatic carbocycles. The van der Waals surface area contributed by atoms with Gasteiger partial charge in [0.25, 0.3) is 0 Å². The Kier molecular flexibility index (Phi) is 15.0. The number of aliphatic hydroxyl groups excluding tert-OH is 1. The molecule has 4 rings (SSSR count). The molecular weight excluding hydrogens is 681 g/mol. The van der Waals surface area contributed by atoms with E-state index in [0.29, 0.717) is 18.3 Å². The monoisotopic (exact) mass is 727 g/mol. The molecule has 4 amide bonds. The summed E-state index contributed by atoms with van der Waals surface area (Å²) in [4.78, 5) is 65.7. The van der Waals surface area contributed by atoms with E-state index in [-0.39, 0.29) is 56.1 Å². The van der Waals surface area contributed by atoms with Crippen molar-refractivity contribution < 1.29 is 38.6 Å². The number of phenolic OH excluding ortho intramolecular Hbond substituents is 1. The molecule has 280 valence electrons. The van der Waals surface area contributed by atoms with Gasteiger partial charge < -0.3 is 41.6 Å². The molecule has 0 spiro atoms. The zero-order valence-electron chi connectivity index (χ0n) is 29.5. The fourth-order valence-corrected chi connectivity index (χ4v) is 5.90. The van der Waals surface area contributed by atoms with E-state index in [4.69, 9.17) is 5.73 Å². The van der Waals surface area contributed by atoms with Crippen molar-refractivity contribution in [1.29, 1.82) is 0 Å². The molecule has 4 atom stereocenters. The topological polar surface area (TPSA) is 191 Å². The summed E-state index contributed by atoms with van der Waals surface area (Å²) < 4.78 is 13.3. The highest BCUT2D eigenvalue weighted by atomic mass is 19.1. The molecule has 0 bridgehead atoms. The Morgan fingerprint density at radius 2 is 1.53 bits per heavy atom. The van der Waals surface area contributed by atoms with E-state index in [2.05, 4.69) is 16.0 Å². The SMILES string of the molecule is CN(C(=O)CCc1ccc(F)cc1)[C@@H](Cc1ccc(O)cc1)C(=O)N[C@@H](C=O)CCCNC(=O)[C@H](CO)NC(=O)[C@@H](N)Cc1cccc2ccccc12. The molecule has 4 aromatic rings. The lowest BCUT2D eigenvalue weighted by Gasteiger charge is -2.29. The maximum absolute atomic E-state index is 13.5. The highest BCUT2D eigenvalue weighted by molar-refractivity contribution is 5.91. The lowest BCUT2D eigenvalue weighted by Crippen LogP contribution is -2.54. The summed E-state index contributed by atoms with van der Waals surface area (Å²) in [7, 11) is 1.50. The molecule has 13 heteroatoms. The standard InChI is InChI=1S/C40H46FN5O7/c1-46(37(50)20-15-26-11-16-30(41)17-12-26)36(22-27-13-18-32(49)19-14-27)40(53)44-31(24-47)9-5-21-43-39(52)35(25-48)45-38(51)34(42)23-29-8-4-7-28-6-2-3-10-33(28)29/h2-4,6-8,10-14,16-19,24,31,34-36,48-49H,5,9,15,20-23,25,42H2,1H3,(H,43,52)(H,44,53)(H,45,51)/t31-,34+,35+,36+/m1/s1. The number of halogens is 1. The van der Waals surface area contributed by atoms with Crippen LogP contribution in [-0.2, 0) is 43.2 Å². The average Bonchev–Trinajstić information content (AvgIpc) is 3.17. The number of nitrogens with zero attached hydrogens (tertiary/aromatic N) is 1. The van der Waals surface area contributed by atoms with Crippen molar-refractivity contribution in [2.24, 2.45) is 5.73 Å². The Morgan fingerprint density at radius 3 is 2.23 bits per heavy atom. The Bertz CT molecular complexity index is 1850. The van der Waals surface area contributed by atoms with Gasteiger partial charge in [0, 0.05) is 26.4 Å². The number of carbonyl (C=O) groups is 5. The molecule has 0 fully saturated rings. The summed E-state index contributed by atoms with van der Waals surface area (Å²) in [5.74, 6) is -2.49. The van der Waals surface area contributed by atoms with Crippen LogP contribution in [0.15, 0.2) is 91.0 Å². The second-order valence-corrected chi connectivity index (χ2v) is 12.9. The highest BCUT2D eigenvalue weighted by Gasteiger charge is 2.29. The number of amides is 4. The molecule has 7 N–H and O–H groups in total. The molecule has 0 radical (unpaired) electrons. The van der Waals surface area contributed by atoms with Crippen LogP contribution in [0.1, 0.15) is 36.0 Å². The molecule has 0 aliphatic carbocycles. The van der Waals surface area contributed by atoms with Crippen LogP contribution in [0.2, 0.25) is 0 Å². The summed E-state index contributed by atoms with van der Waals surface area (Å²) in [6.07, 6.45) is 1.70. The lowest BCUT2D eigenvalue weighted by atomic mass is 9.98. The van der Waals surface area contributed by atoms with Gasteiger partial charge in [-0.1, -0.05) is 66.7 Å². The van der Waals surface area contributed by atoms with Crippen LogP contribution in [0.4, 0.5) is 4.39 Å². The average molecular weight is 728 g/mol. The summed E-state index contributed by atoms with van der Waals surface area (Å²) in [5.41, 5.74) is 8.47. The number of aliphatic hydroxyl groups is 1. The first-order chi connectivity index (χ1) is 25.5. The maximum Gasteiger partial charge on any atom is 0.244 e. The minimum Gasteiger partial charge on any atom is -0.508 e. The fourth-order valence-electron chi connectivity index (χ4n) is 5.90. The lowest BCUT2D eigenvalue weighted by molar-refractivity contribution is -0.139. The maximum atomic E-state index is 13.5. The first-order valence-electron chi connectivity index (χ1n) is 17.4. The van der Waals surface area contributed by atoms with Crippen LogP contribution in [0.25, 0.3) is 10.8 Å². The minimum absolute atomic E-state index is 0.0414. The zero-order chi connectivity index (χ0) is 38.3. The number of hydrogen-bond acceptors (Lipinski definition) is 8. The van der Waals surface area contributed by atoms with Gasteiger partial charge in [0.15, 0.2) is 0 Å². The van der Waals surface area contributed by atoms with Gasteiger partial charge in [0.2, 0.25) is 23.6 Å². The van der Waals surface area contributed by atoms with Gasteiger partial charge in [-0.2, -0.15) is 0 Å². The third-order valence-corrected chi connectivity index (χ3v) is 9.02. The third kappa shape index (κ3) is 11.9. The summed E-state index contributed by atoms with van der Waals surface area (Å²) in [6, 6.07) is 21.3. The van der Waals surface area contributed by atoms with Crippen LogP contribution in [0, 0.1) is 5.82 Å². The molecule has 0 aliphatic rings. The normalized spacial score (nSPS) is 13.3. The molecule has 0 aromatic heterocycles. The highest BCUT2D eigenvalue weighted by Crippen LogP contribution is 2.20. The number of nitrogens with two attached hydrogens (primary N) is 1. The van der Waals surface area contributed by atoms with Gasteiger partial charge in [-0.15, -0.1) is 0 Å². The number of aryl methyl sites for hydroxylation is 1. The van der Waals surface area contributed by atoms with E-state index < -0.39 is 48.5 Å². The summed E-state index contributed by atoms with van der Waals surface area (Å²) in [5, 5.41) is 29.3. The van der Waals surface area contributed by atoms with E-state index in [0.717, 1.165) is 21.9 Å². The fraction of sp³-hybridized carbons (Fsp3) is 0.325. The van der Waals surface area contributed by atoms with Crippen molar-refractivity contribution in [1.82, 2.24) is 20.9 Å². The number of aromatic hydroxyl groups is 1. The van der Waals surface area contributed by atoms with Gasteiger partial charge in [-0.05, 0) is 77.4 Å². The van der Waals surface area contributed by atoms with E-state index in [1.54, 1.807) is 24.3 Å². The van der Waals surface area contributed by atoms with E-state index in [1.165, 1.54) is 36.2 Å². The van der Waals surface area contributed by atoms with E-state index >= 15 is 0 Å². The Balaban J connectivity index is 1.28. The Morgan fingerprint density at radius 1 is 0.849 bits per heavy atom. The molecule has 0 saturated heterocycles. The number of aldehydes is 1. The van der Waals surface area contributed by atoms with Gasteiger partial charge in [-0.25, -0.2) is 4.39 Å². The number of hydrogen-bond donors (Lipinski definition) is 6. The number of nitrogens with one attached hydrogen (secondary N) is 3. The van der Waals surface area contributed by atoms with Crippen molar-refractivity contribution in [3.05, 3.63) is 114 Å². The van der Waals surface area contributed by atoms with E-state index in [9.17, 15) is 38.6 Å². The first kappa shape index (κ1) is 40.1. The van der Waals surface area contributed by atoms with Crippen molar-refractivity contribution in [3.63, 3.8) is 0 Å². The number of likely N-dealkylation sites (N-methyl/N-ethyl adjacent to an activating group) is 1. The van der Waals surface area contributed by atoms with Gasteiger partial charge >= 0.3 is 0 Å². The van der Waals surface area contributed by atoms with Gasteiger partial charge in [0.05, 0.1) is 18.7 Å². The Labute approximate surface area is 307 Å². The molecule has 53 heavy (non-hydrogen) atoms. The largest absolute Gasteiger partial charge is 0.508 e. The van der Waals surface area contributed by atoms with E-state index in [1.807, 2.05) is 42.5 Å². The number of benzene rings is 4. The second-order valence-electron chi connectivity index (χ2n) is 12.9. The molecule has 0 saturated carbocycles. The molecule has 0 aliphatic heterocycles. The van der Waals surface area contributed by atoms with Crippen LogP contribution in [0.5, 0.6) is 5.75 Å². The summed E-state index contributed by atoms with van der Waals surface area (Å²) in [6.45, 7) is -0.587. The zero-order valence-corrected chi connectivity index (χ0v) is 29.5. The minimum atomic E-state index is -1.25.